The molecular formula is C39H39N2O8P. The van der Waals surface area contributed by atoms with Gasteiger partial charge >= 0.3 is 13.9 Å². The first-order chi connectivity index (χ1) is 24.4. The maximum absolute atomic E-state index is 14.2. The number of phosphoric acid groups is 1. The normalized spacial score (nSPS) is 11.7. The van der Waals surface area contributed by atoms with Crippen molar-refractivity contribution >= 4 is 20.2 Å². The van der Waals surface area contributed by atoms with E-state index in [2.05, 4.69) is 5.43 Å². The van der Waals surface area contributed by atoms with Crippen LogP contribution in [0.1, 0.15) is 27.8 Å². The van der Waals surface area contributed by atoms with Crippen LogP contribution < -0.4 is 14.7 Å². The summed E-state index contributed by atoms with van der Waals surface area (Å²) >= 11 is 0. The standard InChI is InChI=1S/C39H39N2O8P/c1-40-41(39(43)46-28-32-16-8-3-9-17-32)36(26-42)24-35-22-23-37(38(25-35)45-27-31-14-6-2-7-15-31)49-50(44,47-29-33-18-10-4-11-19-33)48-30-34-20-12-5-13-21-34/h2-23,25-26,36,40H,24,27-30H2,1H3. The van der Waals surface area contributed by atoms with E-state index < -0.39 is 20.0 Å². The topological polar surface area (TPSA) is 113 Å². The van der Waals surface area contributed by atoms with Crippen molar-refractivity contribution in [1.82, 2.24) is 10.4 Å². The monoisotopic (exact) mass is 694 g/mol. The van der Waals surface area contributed by atoms with E-state index >= 15 is 0 Å². The molecule has 0 fully saturated rings. The summed E-state index contributed by atoms with van der Waals surface area (Å²) in [6, 6.07) is 41.4. The number of nitrogens with zero attached hydrogens (tertiary/aromatic N) is 1. The first-order valence-corrected chi connectivity index (χ1v) is 17.5. The summed E-state index contributed by atoms with van der Waals surface area (Å²) in [5.41, 5.74) is 6.68. The van der Waals surface area contributed by atoms with Crippen molar-refractivity contribution < 1.29 is 37.2 Å². The van der Waals surface area contributed by atoms with Crippen LogP contribution in [0.4, 0.5) is 4.79 Å². The molecule has 11 heteroatoms. The van der Waals surface area contributed by atoms with Gasteiger partial charge in [0, 0.05) is 13.5 Å². The van der Waals surface area contributed by atoms with Crippen molar-refractivity contribution in [1.29, 1.82) is 0 Å². The average molecular weight is 695 g/mol. The van der Waals surface area contributed by atoms with Gasteiger partial charge in [-0.05, 0) is 39.9 Å². The van der Waals surface area contributed by atoms with Gasteiger partial charge in [-0.15, -0.1) is 0 Å². The van der Waals surface area contributed by atoms with Crippen LogP contribution in [0.25, 0.3) is 0 Å². The second-order valence-corrected chi connectivity index (χ2v) is 12.7. The third-order valence-electron chi connectivity index (χ3n) is 7.50. The number of ether oxygens (including phenoxy) is 2. The predicted octanol–water partition coefficient (Wildman–Crippen LogP) is 8.07. The highest BCUT2D eigenvalue weighted by Crippen LogP contribution is 2.53. The van der Waals surface area contributed by atoms with Crippen LogP contribution in [0.3, 0.4) is 0 Å². The second-order valence-electron chi connectivity index (χ2n) is 11.2. The molecule has 50 heavy (non-hydrogen) atoms. The first-order valence-electron chi connectivity index (χ1n) is 16.0. The van der Waals surface area contributed by atoms with Crippen LogP contribution in [-0.2, 0) is 56.0 Å². The van der Waals surface area contributed by atoms with E-state index in [0.717, 1.165) is 27.3 Å². The molecule has 1 N–H and O–H groups in total. The largest absolute Gasteiger partial charge is 0.530 e. The fourth-order valence-electron chi connectivity index (χ4n) is 4.89. The van der Waals surface area contributed by atoms with Crippen molar-refractivity contribution in [2.24, 2.45) is 0 Å². The van der Waals surface area contributed by atoms with Gasteiger partial charge < -0.3 is 18.8 Å². The zero-order chi connectivity index (χ0) is 35.0. The van der Waals surface area contributed by atoms with E-state index in [9.17, 15) is 14.2 Å². The predicted molar refractivity (Wildman–Crippen MR) is 189 cm³/mol. The van der Waals surface area contributed by atoms with Crippen molar-refractivity contribution in [3.8, 4) is 11.5 Å². The Labute approximate surface area is 292 Å². The molecule has 0 saturated carbocycles. The van der Waals surface area contributed by atoms with E-state index in [4.69, 9.17) is 23.0 Å². The fraction of sp³-hybridized carbons (Fsp3) is 0.179. The number of hydrazine groups is 1. The lowest BCUT2D eigenvalue weighted by Gasteiger charge is -2.26. The fourth-order valence-corrected chi connectivity index (χ4v) is 6.08. The minimum atomic E-state index is -4.23. The Morgan fingerprint density at radius 1 is 0.660 bits per heavy atom. The molecule has 10 nitrogen and oxygen atoms in total. The molecule has 5 aromatic rings. The number of rotatable bonds is 18. The van der Waals surface area contributed by atoms with Gasteiger partial charge in [-0.1, -0.05) is 127 Å². The Kier molecular flexibility index (Phi) is 13.3. The quantitative estimate of drug-likeness (QED) is 0.0553. The van der Waals surface area contributed by atoms with Crippen molar-refractivity contribution in [2.45, 2.75) is 38.9 Å². The molecule has 0 radical (unpaired) electrons. The van der Waals surface area contributed by atoms with Gasteiger partial charge in [-0.2, -0.15) is 0 Å². The van der Waals surface area contributed by atoms with Crippen LogP contribution in [0, 0.1) is 0 Å². The highest BCUT2D eigenvalue weighted by molar-refractivity contribution is 7.48. The molecule has 258 valence electrons. The number of amides is 1. The van der Waals surface area contributed by atoms with Crippen molar-refractivity contribution in [3.63, 3.8) is 0 Å². The number of hydrogen-bond donors (Lipinski definition) is 1. The molecule has 5 aromatic carbocycles. The van der Waals surface area contributed by atoms with Gasteiger partial charge in [-0.25, -0.2) is 19.8 Å². The van der Waals surface area contributed by atoms with Crippen LogP contribution in [0.5, 0.6) is 11.5 Å². The summed E-state index contributed by atoms with van der Waals surface area (Å²) in [4.78, 5) is 25.3. The lowest BCUT2D eigenvalue weighted by molar-refractivity contribution is -0.113. The lowest BCUT2D eigenvalue weighted by Crippen LogP contribution is -2.49. The number of carbonyl (C=O) groups excluding carboxylic acids is 2. The minimum absolute atomic E-state index is 0.0214. The molecule has 0 aliphatic rings. The van der Waals surface area contributed by atoms with Crippen LogP contribution in [0.15, 0.2) is 140 Å². The van der Waals surface area contributed by atoms with Gasteiger partial charge in [0.1, 0.15) is 25.5 Å². The van der Waals surface area contributed by atoms with E-state index in [1.54, 1.807) is 18.2 Å². The molecular weight excluding hydrogens is 655 g/mol. The average Bonchev–Trinajstić information content (AvgIpc) is 3.17. The number of nitrogens with one attached hydrogen (secondary N) is 1. The van der Waals surface area contributed by atoms with Crippen LogP contribution in [0.2, 0.25) is 0 Å². The number of phosphoric ester groups is 1. The Balaban J connectivity index is 1.37. The van der Waals surface area contributed by atoms with Gasteiger partial charge in [0.2, 0.25) is 0 Å². The molecule has 1 atom stereocenters. The Morgan fingerprint density at radius 3 is 1.62 bits per heavy atom. The molecule has 0 bridgehead atoms. The van der Waals surface area contributed by atoms with E-state index in [0.29, 0.717) is 11.8 Å². The van der Waals surface area contributed by atoms with E-state index in [-0.39, 0.29) is 44.3 Å². The molecule has 1 unspecified atom stereocenters. The van der Waals surface area contributed by atoms with Crippen LogP contribution in [-0.4, -0.2) is 30.5 Å². The van der Waals surface area contributed by atoms with Gasteiger partial charge in [0.05, 0.1) is 13.2 Å². The third-order valence-corrected chi connectivity index (χ3v) is 8.81. The summed E-state index contributed by atoms with van der Waals surface area (Å²) in [7, 11) is -2.69. The SMILES string of the molecule is CNN(C(=O)OCc1ccccc1)C(C=O)Cc1ccc(OP(=O)(OCc2ccccc2)OCc2ccccc2)c(OCc2ccccc2)c1. The molecule has 0 heterocycles. The van der Waals surface area contributed by atoms with Crippen LogP contribution >= 0.6 is 7.82 Å². The minimum Gasteiger partial charge on any atom is -0.485 e. The molecule has 0 aromatic heterocycles. The highest BCUT2D eigenvalue weighted by atomic mass is 31.2. The summed E-state index contributed by atoms with van der Waals surface area (Å²) < 4.78 is 43.6. The molecule has 0 saturated heterocycles. The first kappa shape index (κ1) is 36.0. The maximum Gasteiger partial charge on any atom is 0.530 e. The number of hydrogen-bond acceptors (Lipinski definition) is 9. The maximum atomic E-state index is 14.2. The van der Waals surface area contributed by atoms with Gasteiger partial charge in [0.15, 0.2) is 11.5 Å². The summed E-state index contributed by atoms with van der Waals surface area (Å²) in [6.07, 6.45) is 0.0681. The molecule has 0 aliphatic carbocycles. The molecule has 0 spiro atoms. The van der Waals surface area contributed by atoms with Crippen molar-refractivity contribution in [3.05, 3.63) is 167 Å². The van der Waals surface area contributed by atoms with E-state index in [1.165, 1.54) is 7.05 Å². The smallest absolute Gasteiger partial charge is 0.485 e. The Morgan fingerprint density at radius 2 is 1.14 bits per heavy atom. The lowest BCUT2D eigenvalue weighted by atomic mass is 10.1. The molecule has 0 aliphatic heterocycles. The summed E-state index contributed by atoms with van der Waals surface area (Å²) in [5, 5.41) is 1.13. The second kappa shape index (κ2) is 18.5. The Bertz CT molecular complexity index is 1780. The van der Waals surface area contributed by atoms with Gasteiger partial charge in [0.25, 0.3) is 0 Å². The van der Waals surface area contributed by atoms with Gasteiger partial charge in [-0.3, -0.25) is 9.05 Å². The zero-order valence-electron chi connectivity index (χ0n) is 27.6. The number of carbonyl (C=O) groups is 2. The summed E-state index contributed by atoms with van der Waals surface area (Å²) in [5.74, 6) is 0.357. The number of aldehydes is 1. The van der Waals surface area contributed by atoms with Crippen molar-refractivity contribution in [2.75, 3.05) is 7.05 Å². The Hall–Kier alpha value is -5.25. The molecule has 5 rings (SSSR count). The molecule has 1 amide bonds. The summed E-state index contributed by atoms with van der Waals surface area (Å²) in [6.45, 7) is 0.177. The van der Waals surface area contributed by atoms with E-state index in [1.807, 2.05) is 121 Å². The zero-order valence-corrected chi connectivity index (χ0v) is 28.5. The third kappa shape index (κ3) is 10.9. The highest BCUT2D eigenvalue weighted by Gasteiger charge is 2.31. The number of benzene rings is 5.